The van der Waals surface area contributed by atoms with Gasteiger partial charge in [0.2, 0.25) is 0 Å². The van der Waals surface area contributed by atoms with E-state index >= 15 is 0 Å². The van der Waals surface area contributed by atoms with Crippen LogP contribution in [-0.4, -0.2) is 0 Å². The summed E-state index contributed by atoms with van der Waals surface area (Å²) < 4.78 is 0. The molecule has 0 fully saturated rings. The van der Waals surface area contributed by atoms with Crippen molar-refractivity contribution in [3.63, 3.8) is 0 Å². The van der Waals surface area contributed by atoms with Gasteiger partial charge in [-0.2, -0.15) is 0 Å². The van der Waals surface area contributed by atoms with Crippen LogP contribution in [0.1, 0.15) is 35.4 Å². The molecule has 0 bridgehead atoms. The standard InChI is InChI=1S/C23H20/c1-4-10-18(11-5-1)21-16-22(19-12-6-2-7-13-19)23(17-21)20-14-8-3-9-15-20/h1-15,21H,16-17H2. The van der Waals surface area contributed by atoms with Crippen LogP contribution in [0, 0.1) is 0 Å². The largest absolute Gasteiger partial charge is 0.0622 e. The molecule has 3 aromatic carbocycles. The van der Waals surface area contributed by atoms with Gasteiger partial charge in [-0.1, -0.05) is 91.0 Å². The third kappa shape index (κ3) is 2.85. The van der Waals surface area contributed by atoms with Crippen molar-refractivity contribution in [2.75, 3.05) is 0 Å². The fourth-order valence-electron chi connectivity index (χ4n) is 3.64. The first-order valence-corrected chi connectivity index (χ1v) is 8.29. The summed E-state index contributed by atoms with van der Waals surface area (Å²) in [6.45, 7) is 0. The van der Waals surface area contributed by atoms with Crippen molar-refractivity contribution in [3.05, 3.63) is 108 Å². The quantitative estimate of drug-likeness (QED) is 0.541. The lowest BCUT2D eigenvalue weighted by molar-refractivity contribution is 0.764. The third-order valence-electron chi connectivity index (χ3n) is 4.78. The second-order valence-corrected chi connectivity index (χ2v) is 6.21. The summed E-state index contributed by atoms with van der Waals surface area (Å²) in [4.78, 5) is 0. The SMILES string of the molecule is c1ccc(C2=C(c3ccccc3)CC(c3ccccc3)C2)cc1. The van der Waals surface area contributed by atoms with Gasteiger partial charge in [0.25, 0.3) is 0 Å². The summed E-state index contributed by atoms with van der Waals surface area (Å²) >= 11 is 0. The molecule has 0 saturated carbocycles. The molecule has 0 nitrogen and oxygen atoms in total. The molecule has 1 aliphatic carbocycles. The maximum atomic E-state index is 2.27. The van der Waals surface area contributed by atoms with Gasteiger partial charge in [-0.05, 0) is 46.6 Å². The molecular weight excluding hydrogens is 276 g/mol. The first kappa shape index (κ1) is 14.0. The van der Waals surface area contributed by atoms with E-state index in [0.717, 1.165) is 12.8 Å². The van der Waals surface area contributed by atoms with Gasteiger partial charge < -0.3 is 0 Å². The van der Waals surface area contributed by atoms with Crippen molar-refractivity contribution in [1.82, 2.24) is 0 Å². The zero-order valence-corrected chi connectivity index (χ0v) is 13.2. The minimum Gasteiger partial charge on any atom is -0.0622 e. The van der Waals surface area contributed by atoms with Crippen molar-refractivity contribution in [1.29, 1.82) is 0 Å². The highest BCUT2D eigenvalue weighted by Gasteiger charge is 2.26. The lowest BCUT2D eigenvalue weighted by atomic mass is 9.94. The molecule has 4 rings (SSSR count). The zero-order chi connectivity index (χ0) is 15.5. The normalized spacial score (nSPS) is 15.1. The molecule has 23 heavy (non-hydrogen) atoms. The minimum absolute atomic E-state index is 0.585. The van der Waals surface area contributed by atoms with E-state index in [4.69, 9.17) is 0 Å². The number of benzene rings is 3. The topological polar surface area (TPSA) is 0 Å². The van der Waals surface area contributed by atoms with Gasteiger partial charge in [0.05, 0.1) is 0 Å². The summed E-state index contributed by atoms with van der Waals surface area (Å²) in [5.74, 6) is 0.585. The molecule has 0 aromatic heterocycles. The average molecular weight is 296 g/mol. The Labute approximate surface area is 138 Å². The van der Waals surface area contributed by atoms with E-state index in [0.29, 0.717) is 5.92 Å². The van der Waals surface area contributed by atoms with Crippen LogP contribution in [0.25, 0.3) is 11.1 Å². The number of rotatable bonds is 3. The van der Waals surface area contributed by atoms with Crippen LogP contribution in [0.2, 0.25) is 0 Å². The van der Waals surface area contributed by atoms with E-state index < -0.39 is 0 Å². The van der Waals surface area contributed by atoms with Gasteiger partial charge >= 0.3 is 0 Å². The van der Waals surface area contributed by atoms with Crippen LogP contribution in [0.3, 0.4) is 0 Å². The maximum absolute atomic E-state index is 2.27. The summed E-state index contributed by atoms with van der Waals surface area (Å²) in [6, 6.07) is 32.6. The number of hydrogen-bond acceptors (Lipinski definition) is 0. The molecule has 0 amide bonds. The highest BCUT2D eigenvalue weighted by Crippen LogP contribution is 2.47. The smallest absolute Gasteiger partial charge is 0.00804 e. The van der Waals surface area contributed by atoms with Crippen molar-refractivity contribution in [2.24, 2.45) is 0 Å². The first-order chi connectivity index (χ1) is 11.4. The van der Waals surface area contributed by atoms with Gasteiger partial charge in [-0.3, -0.25) is 0 Å². The fourth-order valence-corrected chi connectivity index (χ4v) is 3.64. The van der Waals surface area contributed by atoms with Gasteiger partial charge in [0.15, 0.2) is 0 Å². The van der Waals surface area contributed by atoms with Crippen molar-refractivity contribution in [2.45, 2.75) is 18.8 Å². The molecule has 0 atom stereocenters. The number of hydrogen-bond donors (Lipinski definition) is 0. The molecule has 0 unspecified atom stereocenters. The Kier molecular flexibility index (Phi) is 3.81. The van der Waals surface area contributed by atoms with Crippen LogP contribution in [0.5, 0.6) is 0 Å². The van der Waals surface area contributed by atoms with Gasteiger partial charge in [0, 0.05) is 0 Å². The third-order valence-corrected chi connectivity index (χ3v) is 4.78. The molecule has 0 radical (unpaired) electrons. The summed E-state index contributed by atoms with van der Waals surface area (Å²) in [5, 5.41) is 0. The second kappa shape index (κ2) is 6.26. The predicted molar refractivity (Wildman–Crippen MR) is 98.1 cm³/mol. The predicted octanol–water partition coefficient (Wildman–Crippen LogP) is 6.18. The summed E-state index contributed by atoms with van der Waals surface area (Å²) in [6.07, 6.45) is 2.25. The molecule has 0 aliphatic heterocycles. The van der Waals surface area contributed by atoms with Crippen molar-refractivity contribution < 1.29 is 0 Å². The van der Waals surface area contributed by atoms with Crippen LogP contribution in [-0.2, 0) is 0 Å². The van der Waals surface area contributed by atoms with E-state index in [9.17, 15) is 0 Å². The Morgan fingerprint density at radius 1 is 0.478 bits per heavy atom. The molecule has 0 heteroatoms. The Hall–Kier alpha value is -2.60. The molecule has 0 saturated heterocycles. The van der Waals surface area contributed by atoms with Crippen LogP contribution in [0.4, 0.5) is 0 Å². The molecule has 0 N–H and O–H groups in total. The van der Waals surface area contributed by atoms with Crippen molar-refractivity contribution in [3.8, 4) is 0 Å². The summed E-state index contributed by atoms with van der Waals surface area (Å²) in [5.41, 5.74) is 7.19. The molecular formula is C23H20. The Morgan fingerprint density at radius 2 is 0.870 bits per heavy atom. The molecule has 112 valence electrons. The molecule has 0 heterocycles. The lowest BCUT2D eigenvalue weighted by Crippen LogP contribution is -1.93. The minimum atomic E-state index is 0.585. The monoisotopic (exact) mass is 296 g/mol. The van der Waals surface area contributed by atoms with Gasteiger partial charge in [-0.25, -0.2) is 0 Å². The van der Waals surface area contributed by atoms with E-state index in [1.54, 1.807) is 0 Å². The summed E-state index contributed by atoms with van der Waals surface area (Å²) in [7, 11) is 0. The van der Waals surface area contributed by atoms with Crippen LogP contribution >= 0.6 is 0 Å². The number of allylic oxidation sites excluding steroid dienone is 2. The Bertz CT molecular complexity index is 747. The van der Waals surface area contributed by atoms with E-state index in [-0.39, 0.29) is 0 Å². The lowest BCUT2D eigenvalue weighted by Gasteiger charge is -2.10. The average Bonchev–Trinajstić information content (AvgIpc) is 3.09. The fraction of sp³-hybridized carbons (Fsp3) is 0.130. The Morgan fingerprint density at radius 3 is 1.30 bits per heavy atom. The van der Waals surface area contributed by atoms with Crippen molar-refractivity contribution >= 4 is 11.1 Å². The first-order valence-electron chi connectivity index (χ1n) is 8.29. The zero-order valence-electron chi connectivity index (χ0n) is 13.2. The molecule has 3 aromatic rings. The Balaban J connectivity index is 1.76. The molecule has 1 aliphatic rings. The van der Waals surface area contributed by atoms with Gasteiger partial charge in [0.1, 0.15) is 0 Å². The van der Waals surface area contributed by atoms with E-state index in [1.807, 2.05) is 0 Å². The van der Waals surface area contributed by atoms with E-state index in [2.05, 4.69) is 91.0 Å². The van der Waals surface area contributed by atoms with Crippen LogP contribution < -0.4 is 0 Å². The highest BCUT2D eigenvalue weighted by atomic mass is 14.3. The second-order valence-electron chi connectivity index (χ2n) is 6.21. The van der Waals surface area contributed by atoms with Gasteiger partial charge in [-0.15, -0.1) is 0 Å². The highest BCUT2D eigenvalue weighted by molar-refractivity contribution is 5.93. The maximum Gasteiger partial charge on any atom is -0.00804 e. The van der Waals surface area contributed by atoms with Crippen LogP contribution in [0.15, 0.2) is 91.0 Å². The van der Waals surface area contributed by atoms with E-state index in [1.165, 1.54) is 27.8 Å². The molecule has 0 spiro atoms.